The Hall–Kier alpha value is -1.68. The molecule has 102 valence electrons. The number of fused-ring (bicyclic) bond motifs is 5. The Morgan fingerprint density at radius 2 is 1.70 bits per heavy atom. The molecule has 3 nitrogen and oxygen atoms in total. The number of carbonyl (C=O) groups excluding carboxylic acids is 2. The Kier molecular flexibility index (Phi) is 2.37. The molecule has 2 bridgehead atoms. The second kappa shape index (κ2) is 3.92. The van der Waals surface area contributed by atoms with Crippen LogP contribution in [0.15, 0.2) is 30.4 Å². The Morgan fingerprint density at radius 3 is 2.25 bits per heavy atom. The van der Waals surface area contributed by atoms with Crippen molar-refractivity contribution in [2.75, 3.05) is 4.90 Å². The van der Waals surface area contributed by atoms with Crippen molar-refractivity contribution in [1.82, 2.24) is 0 Å². The van der Waals surface area contributed by atoms with E-state index in [-0.39, 0.29) is 40.5 Å². The van der Waals surface area contributed by atoms with Crippen LogP contribution in [-0.4, -0.2) is 11.8 Å². The maximum absolute atomic E-state index is 13.2. The van der Waals surface area contributed by atoms with Gasteiger partial charge >= 0.3 is 0 Å². The van der Waals surface area contributed by atoms with Crippen LogP contribution in [-0.2, 0) is 9.59 Å². The van der Waals surface area contributed by atoms with Crippen molar-refractivity contribution >= 4 is 29.1 Å². The summed E-state index contributed by atoms with van der Waals surface area (Å²) in [5, 5.41) is -0.0822. The van der Waals surface area contributed by atoms with Gasteiger partial charge in [-0.2, -0.15) is 0 Å². The summed E-state index contributed by atoms with van der Waals surface area (Å²) < 4.78 is 13.2. The minimum atomic E-state index is -0.559. The number of carbonyl (C=O) groups is 2. The van der Waals surface area contributed by atoms with Gasteiger partial charge < -0.3 is 0 Å². The summed E-state index contributed by atoms with van der Waals surface area (Å²) in [5.74, 6) is -1.08. The lowest BCUT2D eigenvalue weighted by atomic mass is 9.85. The number of amides is 2. The van der Waals surface area contributed by atoms with Crippen LogP contribution in [0.3, 0.4) is 0 Å². The van der Waals surface area contributed by atoms with E-state index in [9.17, 15) is 14.0 Å². The zero-order valence-corrected chi connectivity index (χ0v) is 11.2. The van der Waals surface area contributed by atoms with Gasteiger partial charge in [0.25, 0.3) is 0 Å². The molecule has 3 aliphatic rings. The van der Waals surface area contributed by atoms with E-state index in [0.717, 1.165) is 6.42 Å². The minimum absolute atomic E-state index is 0.0822. The van der Waals surface area contributed by atoms with Crippen molar-refractivity contribution in [3.05, 3.63) is 41.2 Å². The highest BCUT2D eigenvalue weighted by Crippen LogP contribution is 2.53. The Balaban J connectivity index is 1.76. The molecule has 0 N–H and O–H groups in total. The first-order valence-electron chi connectivity index (χ1n) is 6.59. The van der Waals surface area contributed by atoms with E-state index >= 15 is 0 Å². The number of imide groups is 1. The molecule has 1 aliphatic heterocycles. The van der Waals surface area contributed by atoms with Crippen LogP contribution in [0.5, 0.6) is 0 Å². The number of nitrogens with zero attached hydrogens (tertiary/aromatic N) is 1. The molecule has 2 amide bonds. The van der Waals surface area contributed by atoms with Crippen LogP contribution in [0.25, 0.3) is 0 Å². The highest BCUT2D eigenvalue weighted by Gasteiger charge is 2.59. The quantitative estimate of drug-likeness (QED) is 0.589. The molecule has 1 heterocycles. The molecular formula is C15H11ClFNO2. The first kappa shape index (κ1) is 12.1. The standard InChI is InChI=1S/C15H11ClFNO2/c16-10-6-9(3-4-11(10)17)18-14(19)12-7-1-2-8(5-7)13(12)15(18)20/h1-4,6-8,12-13H,5H2/t7-,8-,12-,13-/m0/s1. The third kappa shape index (κ3) is 1.40. The van der Waals surface area contributed by atoms with Crippen molar-refractivity contribution in [1.29, 1.82) is 0 Å². The summed E-state index contributed by atoms with van der Waals surface area (Å²) in [7, 11) is 0. The minimum Gasteiger partial charge on any atom is -0.274 e. The smallest absolute Gasteiger partial charge is 0.238 e. The fourth-order valence-electron chi connectivity index (χ4n) is 3.78. The van der Waals surface area contributed by atoms with Gasteiger partial charge in [0.05, 0.1) is 22.5 Å². The van der Waals surface area contributed by atoms with Gasteiger partial charge in [-0.25, -0.2) is 9.29 Å². The Morgan fingerprint density at radius 1 is 1.10 bits per heavy atom. The number of hydrogen-bond donors (Lipinski definition) is 0. The number of halogens is 2. The SMILES string of the molecule is O=C1[C@@H]2[C@@H](C(=O)N1c1ccc(F)c(Cl)c1)[C@H]1C=C[C@H]2C1. The number of benzene rings is 1. The van der Waals surface area contributed by atoms with Crippen molar-refractivity contribution in [3.63, 3.8) is 0 Å². The normalized spacial score (nSPS) is 34.2. The summed E-state index contributed by atoms with van der Waals surface area (Å²) in [6.45, 7) is 0. The van der Waals surface area contributed by atoms with E-state index < -0.39 is 5.82 Å². The third-order valence-electron chi connectivity index (χ3n) is 4.63. The summed E-state index contributed by atoms with van der Waals surface area (Å²) >= 11 is 5.74. The van der Waals surface area contributed by atoms with Crippen LogP contribution in [0.2, 0.25) is 5.02 Å². The average molecular weight is 292 g/mol. The van der Waals surface area contributed by atoms with Crippen LogP contribution >= 0.6 is 11.6 Å². The van der Waals surface area contributed by atoms with Crippen molar-refractivity contribution in [2.24, 2.45) is 23.7 Å². The average Bonchev–Trinajstić information content (AvgIpc) is 3.08. The molecule has 2 fully saturated rings. The van der Waals surface area contributed by atoms with E-state index in [1.54, 1.807) is 0 Å². The molecule has 2 aliphatic carbocycles. The Bertz CT molecular complexity index is 642. The first-order valence-corrected chi connectivity index (χ1v) is 6.97. The van der Waals surface area contributed by atoms with Gasteiger partial charge in [-0.3, -0.25) is 9.59 Å². The lowest BCUT2D eigenvalue weighted by Gasteiger charge is -2.17. The lowest BCUT2D eigenvalue weighted by molar-refractivity contribution is -0.123. The molecular weight excluding hydrogens is 281 g/mol. The number of anilines is 1. The number of hydrogen-bond acceptors (Lipinski definition) is 2. The molecule has 1 saturated heterocycles. The molecule has 0 unspecified atom stereocenters. The van der Waals surface area contributed by atoms with Gasteiger partial charge in [0.2, 0.25) is 11.8 Å². The lowest BCUT2D eigenvalue weighted by Crippen LogP contribution is -2.32. The summed E-state index contributed by atoms with van der Waals surface area (Å²) in [5.41, 5.74) is 0.361. The van der Waals surface area contributed by atoms with Crippen molar-refractivity contribution < 1.29 is 14.0 Å². The van der Waals surface area contributed by atoms with Crippen LogP contribution in [0, 0.1) is 29.5 Å². The molecule has 5 heteroatoms. The predicted octanol–water partition coefficient (Wildman–Crippen LogP) is 2.79. The number of rotatable bonds is 1. The van der Waals surface area contributed by atoms with E-state index in [4.69, 9.17) is 11.6 Å². The molecule has 20 heavy (non-hydrogen) atoms. The molecule has 1 saturated carbocycles. The summed E-state index contributed by atoms with van der Waals surface area (Å²) in [6, 6.07) is 3.94. The zero-order valence-electron chi connectivity index (χ0n) is 10.4. The molecule has 0 spiro atoms. The van der Waals surface area contributed by atoms with E-state index in [2.05, 4.69) is 0 Å². The molecule has 1 aromatic rings. The molecule has 4 rings (SSSR count). The van der Waals surface area contributed by atoms with E-state index in [0.29, 0.717) is 5.69 Å². The second-order valence-corrected chi connectivity index (χ2v) is 6.02. The molecule has 0 radical (unpaired) electrons. The molecule has 1 aromatic carbocycles. The van der Waals surface area contributed by atoms with Gasteiger partial charge in [-0.15, -0.1) is 0 Å². The van der Waals surface area contributed by atoms with Crippen LogP contribution in [0.1, 0.15) is 6.42 Å². The predicted molar refractivity (Wildman–Crippen MR) is 71.6 cm³/mol. The van der Waals surface area contributed by atoms with Gasteiger partial charge in [0, 0.05) is 0 Å². The summed E-state index contributed by atoms with van der Waals surface area (Å²) in [4.78, 5) is 26.2. The fourth-order valence-corrected chi connectivity index (χ4v) is 3.96. The van der Waals surface area contributed by atoms with Gasteiger partial charge in [0.15, 0.2) is 0 Å². The zero-order chi connectivity index (χ0) is 14.0. The fraction of sp³-hybridized carbons (Fsp3) is 0.333. The van der Waals surface area contributed by atoms with E-state index in [1.807, 2.05) is 12.2 Å². The highest BCUT2D eigenvalue weighted by molar-refractivity contribution is 6.31. The van der Waals surface area contributed by atoms with Gasteiger partial charge in [-0.05, 0) is 36.5 Å². The summed E-state index contributed by atoms with van der Waals surface area (Å²) in [6.07, 6.45) is 4.97. The van der Waals surface area contributed by atoms with Crippen molar-refractivity contribution in [2.45, 2.75) is 6.42 Å². The van der Waals surface area contributed by atoms with Gasteiger partial charge in [0.1, 0.15) is 5.82 Å². The third-order valence-corrected chi connectivity index (χ3v) is 4.92. The first-order chi connectivity index (χ1) is 9.58. The van der Waals surface area contributed by atoms with Crippen LogP contribution < -0.4 is 4.90 Å². The van der Waals surface area contributed by atoms with E-state index in [1.165, 1.54) is 23.1 Å². The number of allylic oxidation sites excluding steroid dienone is 2. The molecule has 0 aromatic heterocycles. The van der Waals surface area contributed by atoms with Gasteiger partial charge in [-0.1, -0.05) is 23.8 Å². The largest absolute Gasteiger partial charge is 0.274 e. The maximum atomic E-state index is 13.2. The monoisotopic (exact) mass is 291 g/mol. The van der Waals surface area contributed by atoms with Crippen LogP contribution in [0.4, 0.5) is 10.1 Å². The highest BCUT2D eigenvalue weighted by atomic mass is 35.5. The van der Waals surface area contributed by atoms with Crippen molar-refractivity contribution in [3.8, 4) is 0 Å². The topological polar surface area (TPSA) is 37.4 Å². The maximum Gasteiger partial charge on any atom is 0.238 e. The molecule has 4 atom stereocenters. The Labute approximate surface area is 120 Å². The second-order valence-electron chi connectivity index (χ2n) is 5.61.